The lowest BCUT2D eigenvalue weighted by molar-refractivity contribution is -0.135. The number of benzene rings is 2. The van der Waals surface area contributed by atoms with Gasteiger partial charge in [0.15, 0.2) is 0 Å². The summed E-state index contributed by atoms with van der Waals surface area (Å²) in [6.45, 7) is 3.02. The predicted molar refractivity (Wildman–Crippen MR) is 115 cm³/mol. The Hall–Kier alpha value is -2.44. The maximum absolute atomic E-state index is 13.4. The highest BCUT2D eigenvalue weighted by atomic mass is 32.2. The standard InChI is InChI=1S/C23H26N2O3S/c1-2-29(27,28)25-17-21-11-7-6-10-20(21)16-22(25)23(26)24-14-12-19(13-15-24)18-8-4-3-5-9-18/h3-12,22H,2,13-17H2,1H3/t22-/m1/s1. The monoisotopic (exact) mass is 410 g/mol. The molecule has 29 heavy (non-hydrogen) atoms. The number of carbonyl (C=O) groups excluding carboxylic acids is 1. The molecule has 2 aliphatic heterocycles. The van der Waals surface area contributed by atoms with Crippen LogP contribution in [0.1, 0.15) is 30.0 Å². The highest BCUT2D eigenvalue weighted by Crippen LogP contribution is 2.29. The smallest absolute Gasteiger partial charge is 0.241 e. The van der Waals surface area contributed by atoms with E-state index in [2.05, 4.69) is 18.2 Å². The van der Waals surface area contributed by atoms with Gasteiger partial charge in [0, 0.05) is 19.6 Å². The molecule has 0 saturated heterocycles. The minimum absolute atomic E-state index is 0.00297. The van der Waals surface area contributed by atoms with E-state index in [1.807, 2.05) is 42.5 Å². The first-order chi connectivity index (χ1) is 14.0. The maximum atomic E-state index is 13.4. The Balaban J connectivity index is 1.57. The van der Waals surface area contributed by atoms with E-state index in [0.717, 1.165) is 17.5 Å². The van der Waals surface area contributed by atoms with Gasteiger partial charge in [-0.3, -0.25) is 4.79 Å². The van der Waals surface area contributed by atoms with Gasteiger partial charge in [0.2, 0.25) is 15.9 Å². The van der Waals surface area contributed by atoms with E-state index in [1.54, 1.807) is 11.8 Å². The fraction of sp³-hybridized carbons (Fsp3) is 0.348. The molecule has 4 rings (SSSR count). The fourth-order valence-electron chi connectivity index (χ4n) is 4.16. The second kappa shape index (κ2) is 8.13. The van der Waals surface area contributed by atoms with Gasteiger partial charge < -0.3 is 4.90 Å². The van der Waals surface area contributed by atoms with Crippen LogP contribution in [-0.2, 0) is 27.8 Å². The van der Waals surface area contributed by atoms with Crippen LogP contribution in [0.5, 0.6) is 0 Å². The van der Waals surface area contributed by atoms with Crippen molar-refractivity contribution in [1.29, 1.82) is 0 Å². The van der Waals surface area contributed by atoms with Crippen molar-refractivity contribution in [2.75, 3.05) is 18.8 Å². The van der Waals surface area contributed by atoms with E-state index in [0.29, 0.717) is 19.5 Å². The van der Waals surface area contributed by atoms with Gasteiger partial charge in [0.1, 0.15) is 6.04 Å². The van der Waals surface area contributed by atoms with Crippen molar-refractivity contribution < 1.29 is 13.2 Å². The summed E-state index contributed by atoms with van der Waals surface area (Å²) >= 11 is 0. The van der Waals surface area contributed by atoms with Gasteiger partial charge in [-0.2, -0.15) is 4.31 Å². The predicted octanol–water partition coefficient (Wildman–Crippen LogP) is 3.08. The van der Waals surface area contributed by atoms with Crippen molar-refractivity contribution >= 4 is 21.5 Å². The molecule has 0 fully saturated rings. The van der Waals surface area contributed by atoms with Gasteiger partial charge in [-0.1, -0.05) is 60.7 Å². The number of hydrogen-bond donors (Lipinski definition) is 0. The number of carbonyl (C=O) groups is 1. The second-order valence-corrected chi connectivity index (χ2v) is 9.77. The van der Waals surface area contributed by atoms with Crippen LogP contribution in [0, 0.1) is 0 Å². The number of amides is 1. The first kappa shape index (κ1) is 19.9. The molecule has 2 aliphatic rings. The molecule has 0 unspecified atom stereocenters. The molecular weight excluding hydrogens is 384 g/mol. The minimum atomic E-state index is -3.48. The van der Waals surface area contributed by atoms with Gasteiger partial charge in [-0.05, 0) is 42.0 Å². The summed E-state index contributed by atoms with van der Waals surface area (Å²) in [5, 5.41) is 0. The summed E-state index contributed by atoms with van der Waals surface area (Å²) in [6, 6.07) is 17.3. The molecule has 0 aliphatic carbocycles. The molecule has 0 radical (unpaired) electrons. The zero-order valence-corrected chi connectivity index (χ0v) is 17.4. The van der Waals surface area contributed by atoms with E-state index in [9.17, 15) is 13.2 Å². The van der Waals surface area contributed by atoms with Gasteiger partial charge in [-0.15, -0.1) is 0 Å². The molecule has 1 atom stereocenters. The Morgan fingerprint density at radius 3 is 2.38 bits per heavy atom. The van der Waals surface area contributed by atoms with E-state index in [1.165, 1.54) is 15.4 Å². The maximum Gasteiger partial charge on any atom is 0.241 e. The van der Waals surface area contributed by atoms with Crippen LogP contribution >= 0.6 is 0 Å². The Morgan fingerprint density at radius 1 is 1.03 bits per heavy atom. The Kier molecular flexibility index (Phi) is 5.56. The van der Waals surface area contributed by atoms with Crippen LogP contribution in [-0.4, -0.2) is 48.4 Å². The van der Waals surface area contributed by atoms with E-state index in [-0.39, 0.29) is 18.2 Å². The summed E-state index contributed by atoms with van der Waals surface area (Å²) < 4.78 is 26.9. The van der Waals surface area contributed by atoms with Gasteiger partial charge in [0.05, 0.1) is 5.75 Å². The summed E-state index contributed by atoms with van der Waals surface area (Å²) in [4.78, 5) is 15.2. The molecular formula is C23H26N2O3S. The molecule has 6 heteroatoms. The molecule has 1 amide bonds. The molecule has 0 aromatic heterocycles. The molecule has 0 spiro atoms. The van der Waals surface area contributed by atoms with Crippen LogP contribution in [0.2, 0.25) is 0 Å². The molecule has 0 bridgehead atoms. The van der Waals surface area contributed by atoms with Gasteiger partial charge >= 0.3 is 0 Å². The van der Waals surface area contributed by atoms with E-state index in [4.69, 9.17) is 0 Å². The topological polar surface area (TPSA) is 57.7 Å². The SMILES string of the molecule is CCS(=O)(=O)N1Cc2ccccc2C[C@@H]1C(=O)N1CC=C(c2ccccc2)CC1. The third-order valence-corrected chi connectivity index (χ3v) is 7.71. The third kappa shape index (κ3) is 4.00. The Bertz CT molecular complexity index is 1030. The number of hydrogen-bond acceptors (Lipinski definition) is 3. The fourth-order valence-corrected chi connectivity index (χ4v) is 5.38. The molecule has 2 heterocycles. The first-order valence-corrected chi connectivity index (χ1v) is 11.7. The van der Waals surface area contributed by atoms with Crippen molar-refractivity contribution in [3.8, 4) is 0 Å². The summed E-state index contributed by atoms with van der Waals surface area (Å²) in [5.41, 5.74) is 4.47. The van der Waals surface area contributed by atoms with E-state index >= 15 is 0 Å². The molecule has 0 N–H and O–H groups in total. The Morgan fingerprint density at radius 2 is 1.72 bits per heavy atom. The number of sulfonamides is 1. The second-order valence-electron chi connectivity index (χ2n) is 7.56. The third-order valence-electron chi connectivity index (χ3n) is 5.88. The van der Waals surface area contributed by atoms with Crippen LogP contribution in [0.4, 0.5) is 0 Å². The van der Waals surface area contributed by atoms with Crippen LogP contribution < -0.4 is 0 Å². The van der Waals surface area contributed by atoms with Crippen LogP contribution in [0.15, 0.2) is 60.7 Å². The zero-order valence-electron chi connectivity index (χ0n) is 16.6. The molecule has 2 aromatic carbocycles. The van der Waals surface area contributed by atoms with Crippen molar-refractivity contribution in [2.45, 2.75) is 32.4 Å². The zero-order chi connectivity index (χ0) is 20.4. The molecule has 0 saturated carbocycles. The highest BCUT2D eigenvalue weighted by molar-refractivity contribution is 7.89. The number of rotatable bonds is 4. The van der Waals surface area contributed by atoms with Crippen LogP contribution in [0.3, 0.4) is 0 Å². The van der Waals surface area contributed by atoms with Crippen molar-refractivity contribution in [3.05, 3.63) is 77.4 Å². The van der Waals surface area contributed by atoms with Gasteiger partial charge in [0.25, 0.3) is 0 Å². The lowest BCUT2D eigenvalue weighted by atomic mass is 9.94. The molecule has 5 nitrogen and oxygen atoms in total. The summed E-state index contributed by atoms with van der Waals surface area (Å²) in [5.74, 6) is -0.100. The van der Waals surface area contributed by atoms with E-state index < -0.39 is 16.1 Å². The first-order valence-electron chi connectivity index (χ1n) is 10.1. The van der Waals surface area contributed by atoms with Gasteiger partial charge in [-0.25, -0.2) is 8.42 Å². The highest BCUT2D eigenvalue weighted by Gasteiger charge is 2.39. The summed E-state index contributed by atoms with van der Waals surface area (Å²) in [7, 11) is -3.48. The van der Waals surface area contributed by atoms with Crippen molar-refractivity contribution in [3.63, 3.8) is 0 Å². The number of fused-ring (bicyclic) bond motifs is 1. The Labute approximate surface area is 172 Å². The molecule has 2 aromatic rings. The average Bonchev–Trinajstić information content (AvgIpc) is 2.78. The summed E-state index contributed by atoms with van der Waals surface area (Å²) in [6.07, 6.45) is 3.30. The van der Waals surface area contributed by atoms with Crippen molar-refractivity contribution in [1.82, 2.24) is 9.21 Å². The normalized spacial score (nSPS) is 20.1. The lowest BCUT2D eigenvalue weighted by Gasteiger charge is -2.38. The van der Waals surface area contributed by atoms with Crippen LogP contribution in [0.25, 0.3) is 5.57 Å². The minimum Gasteiger partial charge on any atom is -0.337 e. The largest absolute Gasteiger partial charge is 0.337 e. The van der Waals surface area contributed by atoms with Crippen molar-refractivity contribution in [2.24, 2.45) is 0 Å². The molecule has 152 valence electrons. The quantitative estimate of drug-likeness (QED) is 0.778. The number of nitrogens with zero attached hydrogens (tertiary/aromatic N) is 2. The lowest BCUT2D eigenvalue weighted by Crippen LogP contribution is -2.54. The average molecular weight is 411 g/mol.